The largest absolute Gasteiger partial charge is 0.481 e. The maximum atomic E-state index is 11.8. The fraction of sp³-hybridized carbons (Fsp3) is 0.667. The van der Waals surface area contributed by atoms with Crippen LogP contribution >= 0.6 is 0 Å². The normalized spacial score (nSPS) is 22.9. The third kappa shape index (κ3) is 3.22. The van der Waals surface area contributed by atoms with Crippen LogP contribution in [0.1, 0.15) is 26.7 Å². The number of ether oxygens (including phenoxy) is 1. The van der Waals surface area contributed by atoms with Crippen LogP contribution in [-0.2, 0) is 9.53 Å². The van der Waals surface area contributed by atoms with E-state index in [1.807, 2.05) is 13.8 Å². The highest BCUT2D eigenvalue weighted by atomic mass is 16.6. The van der Waals surface area contributed by atoms with Crippen LogP contribution < -0.4 is 0 Å². The first-order valence-electron chi connectivity index (χ1n) is 5.66. The molecule has 1 heterocycles. The van der Waals surface area contributed by atoms with Gasteiger partial charge in [-0.15, -0.1) is 0 Å². The fourth-order valence-electron chi connectivity index (χ4n) is 2.16. The van der Waals surface area contributed by atoms with Gasteiger partial charge in [0.05, 0.1) is 5.92 Å². The molecule has 17 heavy (non-hydrogen) atoms. The molecule has 5 nitrogen and oxygen atoms in total. The molecule has 0 aromatic heterocycles. The Bertz CT molecular complexity index is 324. The first-order chi connectivity index (χ1) is 7.88. The molecule has 96 valence electrons. The average molecular weight is 241 g/mol. The maximum absolute atomic E-state index is 11.8. The number of amides is 1. The van der Waals surface area contributed by atoms with Gasteiger partial charge in [-0.25, -0.2) is 4.79 Å². The maximum Gasteiger partial charge on any atom is 0.410 e. The van der Waals surface area contributed by atoms with Gasteiger partial charge >= 0.3 is 12.1 Å². The molecule has 1 amide bonds. The molecule has 0 aromatic rings. The molecule has 1 saturated heterocycles. The number of carboxylic acid groups (broad SMARTS) is 1. The Balaban J connectivity index is 2.67. The van der Waals surface area contributed by atoms with Gasteiger partial charge in [0, 0.05) is 12.1 Å². The Kier molecular flexibility index (Phi) is 4.15. The van der Waals surface area contributed by atoms with Crippen molar-refractivity contribution < 1.29 is 19.4 Å². The summed E-state index contributed by atoms with van der Waals surface area (Å²) >= 11 is 0. The molecule has 0 aliphatic carbocycles. The van der Waals surface area contributed by atoms with E-state index in [2.05, 4.69) is 6.58 Å². The van der Waals surface area contributed by atoms with Crippen LogP contribution in [0.15, 0.2) is 12.7 Å². The minimum absolute atomic E-state index is 0.174. The number of nitrogens with zero attached hydrogens (tertiary/aromatic N) is 1. The molecule has 0 radical (unpaired) electrons. The Labute approximate surface area is 101 Å². The molecule has 1 rings (SSSR count). The summed E-state index contributed by atoms with van der Waals surface area (Å²) in [6.45, 7) is 7.78. The summed E-state index contributed by atoms with van der Waals surface area (Å²) in [6, 6.07) is 0. The highest BCUT2D eigenvalue weighted by molar-refractivity contribution is 5.72. The lowest BCUT2D eigenvalue weighted by Crippen LogP contribution is -2.54. The van der Waals surface area contributed by atoms with Gasteiger partial charge in [0.15, 0.2) is 0 Å². The number of carbonyl (C=O) groups is 2. The number of piperidine rings is 1. The van der Waals surface area contributed by atoms with Crippen LogP contribution in [0.25, 0.3) is 0 Å². The number of carboxylic acids is 1. The molecule has 0 bridgehead atoms. The van der Waals surface area contributed by atoms with Gasteiger partial charge < -0.3 is 14.7 Å². The SMILES string of the molecule is C=CCOC(=O)N1CCC(C(=O)O)CC1(C)C. The zero-order valence-electron chi connectivity index (χ0n) is 10.3. The van der Waals surface area contributed by atoms with E-state index >= 15 is 0 Å². The van der Waals surface area contributed by atoms with Gasteiger partial charge in [0.2, 0.25) is 0 Å². The van der Waals surface area contributed by atoms with E-state index in [1.54, 1.807) is 4.90 Å². The van der Waals surface area contributed by atoms with E-state index in [0.29, 0.717) is 19.4 Å². The molecule has 1 unspecified atom stereocenters. The molecule has 0 aromatic carbocycles. The Hall–Kier alpha value is -1.52. The third-order valence-corrected chi connectivity index (χ3v) is 3.07. The molecular weight excluding hydrogens is 222 g/mol. The first-order valence-corrected chi connectivity index (χ1v) is 5.66. The summed E-state index contributed by atoms with van der Waals surface area (Å²) < 4.78 is 4.98. The highest BCUT2D eigenvalue weighted by Crippen LogP contribution is 2.32. The van der Waals surface area contributed by atoms with Crippen LogP contribution in [0.3, 0.4) is 0 Å². The molecular formula is C12H19NO4. The van der Waals surface area contributed by atoms with E-state index in [-0.39, 0.29) is 12.5 Å². The zero-order valence-corrected chi connectivity index (χ0v) is 10.3. The molecule has 1 aliphatic heterocycles. The summed E-state index contributed by atoms with van der Waals surface area (Å²) in [5.41, 5.74) is -0.487. The van der Waals surface area contributed by atoms with Crippen LogP contribution in [0.2, 0.25) is 0 Å². The van der Waals surface area contributed by atoms with Gasteiger partial charge in [-0.3, -0.25) is 4.79 Å². The van der Waals surface area contributed by atoms with Crippen LogP contribution in [0.4, 0.5) is 4.79 Å². The van der Waals surface area contributed by atoms with Crippen molar-refractivity contribution in [2.45, 2.75) is 32.2 Å². The van der Waals surface area contributed by atoms with E-state index < -0.39 is 17.6 Å². The van der Waals surface area contributed by atoms with E-state index in [9.17, 15) is 9.59 Å². The van der Waals surface area contributed by atoms with Gasteiger partial charge in [0.1, 0.15) is 6.61 Å². The first kappa shape index (κ1) is 13.5. The van der Waals surface area contributed by atoms with Gasteiger partial charge in [-0.1, -0.05) is 12.7 Å². The number of hydrogen-bond donors (Lipinski definition) is 1. The lowest BCUT2D eigenvalue weighted by molar-refractivity contribution is -0.145. The third-order valence-electron chi connectivity index (χ3n) is 3.07. The van der Waals surface area contributed by atoms with Crippen LogP contribution in [-0.4, -0.2) is 40.8 Å². The van der Waals surface area contributed by atoms with Crippen LogP contribution in [0, 0.1) is 5.92 Å². The monoisotopic (exact) mass is 241 g/mol. The Morgan fingerprint density at radius 1 is 1.59 bits per heavy atom. The minimum Gasteiger partial charge on any atom is -0.481 e. The van der Waals surface area contributed by atoms with Crippen molar-refractivity contribution in [3.8, 4) is 0 Å². The number of hydrogen-bond acceptors (Lipinski definition) is 3. The Morgan fingerprint density at radius 3 is 2.71 bits per heavy atom. The summed E-state index contributed by atoms with van der Waals surface area (Å²) in [5, 5.41) is 8.99. The lowest BCUT2D eigenvalue weighted by atomic mass is 9.83. The number of carbonyl (C=O) groups excluding carboxylic acids is 1. The molecule has 1 N–H and O–H groups in total. The smallest absolute Gasteiger partial charge is 0.410 e. The topological polar surface area (TPSA) is 66.8 Å². The summed E-state index contributed by atoms with van der Waals surface area (Å²) in [5.74, 6) is -1.18. The lowest BCUT2D eigenvalue weighted by Gasteiger charge is -2.43. The second kappa shape index (κ2) is 5.21. The van der Waals surface area contributed by atoms with Crippen molar-refractivity contribution in [2.75, 3.05) is 13.2 Å². The van der Waals surface area contributed by atoms with Crippen molar-refractivity contribution in [3.05, 3.63) is 12.7 Å². The molecule has 0 spiro atoms. The van der Waals surface area contributed by atoms with Gasteiger partial charge in [-0.05, 0) is 26.7 Å². The summed E-state index contributed by atoms with van der Waals surface area (Å²) in [7, 11) is 0. The van der Waals surface area contributed by atoms with Gasteiger partial charge in [-0.2, -0.15) is 0 Å². The van der Waals surface area contributed by atoms with Crippen molar-refractivity contribution >= 4 is 12.1 Å². The number of likely N-dealkylation sites (tertiary alicyclic amines) is 1. The number of rotatable bonds is 3. The predicted molar refractivity (Wildman–Crippen MR) is 62.7 cm³/mol. The Morgan fingerprint density at radius 2 is 2.24 bits per heavy atom. The van der Waals surface area contributed by atoms with Crippen molar-refractivity contribution in [1.82, 2.24) is 4.90 Å². The van der Waals surface area contributed by atoms with E-state index in [4.69, 9.17) is 9.84 Å². The second-order valence-corrected chi connectivity index (χ2v) is 4.86. The molecule has 1 aliphatic rings. The highest BCUT2D eigenvalue weighted by Gasteiger charge is 2.40. The zero-order chi connectivity index (χ0) is 13.1. The van der Waals surface area contributed by atoms with Crippen molar-refractivity contribution in [1.29, 1.82) is 0 Å². The molecule has 5 heteroatoms. The predicted octanol–water partition coefficient (Wildman–Crippen LogP) is 1.88. The fourth-order valence-corrected chi connectivity index (χ4v) is 2.16. The number of aliphatic carboxylic acids is 1. The second-order valence-electron chi connectivity index (χ2n) is 4.86. The van der Waals surface area contributed by atoms with E-state index in [1.165, 1.54) is 6.08 Å². The van der Waals surface area contributed by atoms with Crippen LogP contribution in [0.5, 0.6) is 0 Å². The molecule has 1 fully saturated rings. The quantitative estimate of drug-likeness (QED) is 0.766. The minimum atomic E-state index is -0.794. The van der Waals surface area contributed by atoms with E-state index in [0.717, 1.165) is 0 Å². The summed E-state index contributed by atoms with van der Waals surface area (Å²) in [4.78, 5) is 24.3. The molecule has 1 atom stereocenters. The van der Waals surface area contributed by atoms with Crippen molar-refractivity contribution in [2.24, 2.45) is 5.92 Å². The summed E-state index contributed by atoms with van der Waals surface area (Å²) in [6.07, 6.45) is 2.03. The van der Waals surface area contributed by atoms with Gasteiger partial charge in [0.25, 0.3) is 0 Å². The molecule has 0 saturated carbocycles. The average Bonchev–Trinajstić information content (AvgIpc) is 2.24. The van der Waals surface area contributed by atoms with Crippen molar-refractivity contribution in [3.63, 3.8) is 0 Å². The standard InChI is InChI=1S/C12H19NO4/c1-4-7-17-11(16)13-6-5-9(10(14)15)8-12(13,2)3/h4,9H,1,5-8H2,2-3H3,(H,14,15).